The highest BCUT2D eigenvalue weighted by atomic mass is 16.4. The van der Waals surface area contributed by atoms with Crippen molar-refractivity contribution in [3.8, 4) is 0 Å². The molecule has 0 fully saturated rings. The number of rotatable bonds is 5. The Balaban J connectivity index is 3.41. The summed E-state index contributed by atoms with van der Waals surface area (Å²) in [6.07, 6.45) is 0. The van der Waals surface area contributed by atoms with E-state index in [0.717, 1.165) is 29.0 Å². The van der Waals surface area contributed by atoms with E-state index in [2.05, 4.69) is 10.6 Å². The summed E-state index contributed by atoms with van der Waals surface area (Å²) < 4.78 is 0. The summed E-state index contributed by atoms with van der Waals surface area (Å²) in [6, 6.07) is 1.89. The number of nitrogens with one attached hydrogen (secondary N) is 2. The number of carboxylic acids is 1. The zero-order valence-electron chi connectivity index (χ0n) is 10.8. The number of hydrogen-bond acceptors (Lipinski definition) is 3. The summed E-state index contributed by atoms with van der Waals surface area (Å²) in [5.41, 5.74) is 3.81. The van der Waals surface area contributed by atoms with Crippen LogP contribution in [0.2, 0.25) is 0 Å². The highest BCUT2D eigenvalue weighted by Gasteiger charge is 2.17. The Kier molecular flexibility index (Phi) is 4.37. The van der Waals surface area contributed by atoms with E-state index >= 15 is 0 Å². The van der Waals surface area contributed by atoms with Gasteiger partial charge in [0.2, 0.25) is 0 Å². The van der Waals surface area contributed by atoms with Crippen molar-refractivity contribution in [1.82, 2.24) is 0 Å². The molecule has 0 aliphatic carbocycles. The van der Waals surface area contributed by atoms with Gasteiger partial charge in [-0.05, 0) is 44.9 Å². The van der Waals surface area contributed by atoms with Crippen molar-refractivity contribution in [2.24, 2.45) is 0 Å². The lowest BCUT2D eigenvalue weighted by Gasteiger charge is -2.18. The fraction of sp³-hybridized carbons (Fsp3) is 0.462. The van der Waals surface area contributed by atoms with E-state index in [9.17, 15) is 9.90 Å². The molecule has 0 heterocycles. The third kappa shape index (κ3) is 2.70. The molecule has 0 unspecified atom stereocenters. The molecular weight excluding hydrogens is 216 g/mol. The Morgan fingerprint density at radius 2 is 1.82 bits per heavy atom. The number of benzene rings is 1. The molecule has 1 aromatic carbocycles. The topological polar surface area (TPSA) is 61.4 Å². The van der Waals surface area contributed by atoms with Crippen molar-refractivity contribution < 1.29 is 9.90 Å². The summed E-state index contributed by atoms with van der Waals surface area (Å²) in [5, 5.41) is 15.7. The molecule has 0 atom stereocenters. The van der Waals surface area contributed by atoms with Crippen LogP contribution in [0.3, 0.4) is 0 Å². The standard InChI is InChI=1S/C13H20N2O2/c1-5-14-10-7-8(3)11(13(16)17)12(9(10)4)15-6-2/h7,14-15H,5-6H2,1-4H3,(H,16,17). The molecule has 0 radical (unpaired) electrons. The van der Waals surface area contributed by atoms with Gasteiger partial charge in [0, 0.05) is 18.8 Å². The number of aromatic carboxylic acids is 1. The van der Waals surface area contributed by atoms with Crippen LogP contribution in [0, 0.1) is 13.8 Å². The molecule has 94 valence electrons. The van der Waals surface area contributed by atoms with Gasteiger partial charge in [-0.1, -0.05) is 0 Å². The Hall–Kier alpha value is -1.71. The molecule has 1 aromatic rings. The average molecular weight is 236 g/mol. The van der Waals surface area contributed by atoms with Gasteiger partial charge in [-0.15, -0.1) is 0 Å². The zero-order chi connectivity index (χ0) is 13.0. The van der Waals surface area contributed by atoms with Crippen LogP contribution >= 0.6 is 0 Å². The molecule has 4 nitrogen and oxygen atoms in total. The molecule has 0 saturated heterocycles. The largest absolute Gasteiger partial charge is 0.478 e. The highest BCUT2D eigenvalue weighted by Crippen LogP contribution is 2.30. The van der Waals surface area contributed by atoms with E-state index in [0.29, 0.717) is 12.1 Å². The van der Waals surface area contributed by atoms with Gasteiger partial charge in [0.1, 0.15) is 0 Å². The van der Waals surface area contributed by atoms with Crippen LogP contribution in [0.1, 0.15) is 35.3 Å². The lowest BCUT2D eigenvalue weighted by molar-refractivity contribution is 0.0697. The second-order valence-electron chi connectivity index (χ2n) is 3.98. The maximum atomic E-state index is 11.3. The van der Waals surface area contributed by atoms with E-state index in [1.807, 2.05) is 33.8 Å². The number of hydrogen-bond donors (Lipinski definition) is 3. The maximum Gasteiger partial charge on any atom is 0.338 e. The molecular formula is C13H20N2O2. The van der Waals surface area contributed by atoms with Crippen molar-refractivity contribution in [3.63, 3.8) is 0 Å². The maximum absolute atomic E-state index is 11.3. The fourth-order valence-corrected chi connectivity index (χ4v) is 1.96. The van der Waals surface area contributed by atoms with Gasteiger partial charge in [-0.2, -0.15) is 0 Å². The molecule has 0 bridgehead atoms. The van der Waals surface area contributed by atoms with E-state index < -0.39 is 5.97 Å². The van der Waals surface area contributed by atoms with E-state index in [1.54, 1.807) is 0 Å². The predicted molar refractivity (Wildman–Crippen MR) is 71.2 cm³/mol. The Morgan fingerprint density at radius 3 is 2.29 bits per heavy atom. The third-order valence-corrected chi connectivity index (χ3v) is 2.72. The van der Waals surface area contributed by atoms with Gasteiger partial charge in [0.15, 0.2) is 0 Å². The average Bonchev–Trinajstić information content (AvgIpc) is 2.25. The number of carboxylic acid groups (broad SMARTS) is 1. The molecule has 0 aliphatic heterocycles. The van der Waals surface area contributed by atoms with Crippen LogP contribution in [-0.2, 0) is 0 Å². The van der Waals surface area contributed by atoms with Crippen molar-refractivity contribution in [1.29, 1.82) is 0 Å². The summed E-state index contributed by atoms with van der Waals surface area (Å²) in [6.45, 7) is 9.26. The van der Waals surface area contributed by atoms with Crippen molar-refractivity contribution in [2.75, 3.05) is 23.7 Å². The lowest BCUT2D eigenvalue weighted by atomic mass is 10.00. The first kappa shape index (κ1) is 13.4. The predicted octanol–water partition coefficient (Wildman–Crippen LogP) is 2.87. The highest BCUT2D eigenvalue weighted by molar-refractivity contribution is 5.98. The Labute approximate surface area is 102 Å². The minimum Gasteiger partial charge on any atom is -0.478 e. The van der Waals surface area contributed by atoms with Crippen molar-refractivity contribution >= 4 is 17.3 Å². The second kappa shape index (κ2) is 5.57. The van der Waals surface area contributed by atoms with Crippen LogP contribution in [0.5, 0.6) is 0 Å². The van der Waals surface area contributed by atoms with Crippen LogP contribution in [0.4, 0.5) is 11.4 Å². The van der Waals surface area contributed by atoms with Crippen LogP contribution in [0.25, 0.3) is 0 Å². The fourth-order valence-electron chi connectivity index (χ4n) is 1.96. The van der Waals surface area contributed by atoms with E-state index in [-0.39, 0.29) is 0 Å². The monoisotopic (exact) mass is 236 g/mol. The summed E-state index contributed by atoms with van der Waals surface area (Å²) in [7, 11) is 0. The first-order valence-corrected chi connectivity index (χ1v) is 5.88. The second-order valence-corrected chi connectivity index (χ2v) is 3.98. The number of aryl methyl sites for hydroxylation is 1. The van der Waals surface area contributed by atoms with Crippen LogP contribution in [0.15, 0.2) is 6.07 Å². The molecule has 0 amide bonds. The molecule has 0 spiro atoms. The van der Waals surface area contributed by atoms with Gasteiger partial charge >= 0.3 is 5.97 Å². The quantitative estimate of drug-likeness (QED) is 0.735. The zero-order valence-corrected chi connectivity index (χ0v) is 10.8. The Morgan fingerprint density at radius 1 is 1.24 bits per heavy atom. The van der Waals surface area contributed by atoms with Gasteiger partial charge in [0.25, 0.3) is 0 Å². The minimum absolute atomic E-state index is 0.367. The lowest BCUT2D eigenvalue weighted by Crippen LogP contribution is -2.12. The molecule has 0 aromatic heterocycles. The van der Waals surface area contributed by atoms with Crippen molar-refractivity contribution in [3.05, 3.63) is 22.8 Å². The SMILES string of the molecule is CCNc1cc(C)c(C(=O)O)c(NCC)c1C. The third-order valence-electron chi connectivity index (χ3n) is 2.72. The molecule has 4 heteroatoms. The number of anilines is 2. The Bertz CT molecular complexity index is 428. The van der Waals surface area contributed by atoms with E-state index in [1.165, 1.54) is 0 Å². The molecule has 0 aliphatic rings. The van der Waals surface area contributed by atoms with Crippen LogP contribution in [-0.4, -0.2) is 24.2 Å². The normalized spacial score (nSPS) is 10.1. The first-order valence-electron chi connectivity index (χ1n) is 5.88. The van der Waals surface area contributed by atoms with Gasteiger partial charge in [-0.25, -0.2) is 4.79 Å². The van der Waals surface area contributed by atoms with Gasteiger partial charge < -0.3 is 15.7 Å². The first-order chi connectivity index (χ1) is 8.02. The van der Waals surface area contributed by atoms with E-state index in [4.69, 9.17) is 0 Å². The number of carbonyl (C=O) groups is 1. The molecule has 3 N–H and O–H groups in total. The van der Waals surface area contributed by atoms with Gasteiger partial charge in [0.05, 0.1) is 11.3 Å². The molecule has 0 saturated carbocycles. The van der Waals surface area contributed by atoms with Gasteiger partial charge in [-0.3, -0.25) is 0 Å². The molecule has 1 rings (SSSR count). The minimum atomic E-state index is -0.885. The smallest absolute Gasteiger partial charge is 0.338 e. The van der Waals surface area contributed by atoms with Crippen LogP contribution < -0.4 is 10.6 Å². The summed E-state index contributed by atoms with van der Waals surface area (Å²) in [4.78, 5) is 11.3. The summed E-state index contributed by atoms with van der Waals surface area (Å²) in [5.74, 6) is -0.885. The van der Waals surface area contributed by atoms with Crippen molar-refractivity contribution in [2.45, 2.75) is 27.7 Å². The summed E-state index contributed by atoms with van der Waals surface area (Å²) >= 11 is 0. The molecule has 17 heavy (non-hydrogen) atoms.